The summed E-state index contributed by atoms with van der Waals surface area (Å²) in [5, 5.41) is 5.67. The van der Waals surface area contributed by atoms with Crippen LogP contribution >= 0.6 is 35.8 Å². The van der Waals surface area contributed by atoms with Crippen molar-refractivity contribution in [2.45, 2.75) is 5.75 Å². The van der Waals surface area contributed by atoms with E-state index < -0.39 is 11.9 Å². The molecule has 1 heterocycles. The van der Waals surface area contributed by atoms with Gasteiger partial charge in [-0.15, -0.1) is 12.4 Å². The summed E-state index contributed by atoms with van der Waals surface area (Å²) in [4.78, 5) is 25.9. The van der Waals surface area contributed by atoms with Crippen molar-refractivity contribution in [2.75, 3.05) is 31.5 Å². The van der Waals surface area contributed by atoms with Crippen molar-refractivity contribution in [1.82, 2.24) is 10.2 Å². The maximum absolute atomic E-state index is 13.1. The van der Waals surface area contributed by atoms with Crippen LogP contribution in [0.5, 0.6) is 5.75 Å². The van der Waals surface area contributed by atoms with Gasteiger partial charge in [0.15, 0.2) is 0 Å². The second-order valence-corrected chi connectivity index (χ2v) is 7.41. The van der Waals surface area contributed by atoms with Crippen LogP contribution < -0.4 is 15.4 Å². The molecule has 3 rings (SSSR count). The van der Waals surface area contributed by atoms with E-state index in [1.807, 2.05) is 4.90 Å². The van der Waals surface area contributed by atoms with Crippen molar-refractivity contribution < 1.29 is 18.7 Å². The first-order valence-corrected chi connectivity index (χ1v) is 10.0. The number of hydrogen-bond acceptors (Lipinski definition) is 5. The molecular formula is C19H20Cl2FN3O3S. The molecule has 0 spiro atoms. The molecule has 0 bridgehead atoms. The SMILES string of the molecule is Cl.O=C(Nc1ccc(F)c(Cl)c1)Oc1ccc(CSC(=O)N2CCNCC2)cc1. The fourth-order valence-corrected chi connectivity index (χ4v) is 3.59. The molecule has 0 radical (unpaired) electrons. The van der Waals surface area contributed by atoms with E-state index in [9.17, 15) is 14.0 Å². The van der Waals surface area contributed by atoms with Crippen LogP contribution in [0.15, 0.2) is 42.5 Å². The normalized spacial score (nSPS) is 13.4. The highest BCUT2D eigenvalue weighted by Crippen LogP contribution is 2.21. The Labute approximate surface area is 183 Å². The molecule has 0 aromatic heterocycles. The van der Waals surface area contributed by atoms with Crippen molar-refractivity contribution >= 4 is 52.8 Å². The summed E-state index contributed by atoms with van der Waals surface area (Å²) >= 11 is 6.93. The lowest BCUT2D eigenvalue weighted by molar-refractivity contribution is 0.214. The van der Waals surface area contributed by atoms with Crippen LogP contribution in [0.3, 0.4) is 0 Å². The number of benzene rings is 2. The van der Waals surface area contributed by atoms with Crippen molar-refractivity contribution in [1.29, 1.82) is 0 Å². The van der Waals surface area contributed by atoms with E-state index in [-0.39, 0.29) is 22.7 Å². The van der Waals surface area contributed by atoms with Gasteiger partial charge in [-0.05, 0) is 35.9 Å². The number of nitrogens with one attached hydrogen (secondary N) is 2. The minimum Gasteiger partial charge on any atom is -0.410 e. The minimum atomic E-state index is -0.710. The van der Waals surface area contributed by atoms with Gasteiger partial charge in [0.25, 0.3) is 5.24 Å². The Morgan fingerprint density at radius 1 is 1.17 bits per heavy atom. The number of thioether (sulfide) groups is 1. The molecule has 2 amide bonds. The third-order valence-corrected chi connectivity index (χ3v) is 5.31. The lowest BCUT2D eigenvalue weighted by Gasteiger charge is -2.26. The lowest BCUT2D eigenvalue weighted by Crippen LogP contribution is -2.45. The number of carbonyl (C=O) groups excluding carboxylic acids is 2. The molecule has 1 saturated heterocycles. The second-order valence-electron chi connectivity index (χ2n) is 6.08. The van der Waals surface area contributed by atoms with Gasteiger partial charge in [0, 0.05) is 37.6 Å². The summed E-state index contributed by atoms with van der Waals surface area (Å²) in [6.07, 6.45) is -0.710. The summed E-state index contributed by atoms with van der Waals surface area (Å²) in [6.45, 7) is 3.11. The number of halogens is 3. The van der Waals surface area contributed by atoms with Gasteiger partial charge in [-0.3, -0.25) is 10.1 Å². The van der Waals surface area contributed by atoms with E-state index in [0.717, 1.165) is 37.8 Å². The maximum Gasteiger partial charge on any atom is 0.417 e. The number of ether oxygens (including phenoxy) is 1. The molecule has 156 valence electrons. The number of nitrogens with zero attached hydrogens (tertiary/aromatic N) is 1. The summed E-state index contributed by atoms with van der Waals surface area (Å²) in [6, 6.07) is 10.8. The number of carbonyl (C=O) groups is 2. The van der Waals surface area contributed by atoms with Crippen molar-refractivity contribution in [3.05, 3.63) is 58.9 Å². The third-order valence-electron chi connectivity index (χ3n) is 4.04. The number of anilines is 1. The highest BCUT2D eigenvalue weighted by atomic mass is 35.5. The number of amides is 2. The fourth-order valence-electron chi connectivity index (χ4n) is 2.56. The molecule has 10 heteroatoms. The van der Waals surface area contributed by atoms with Crippen LogP contribution in [0.1, 0.15) is 5.56 Å². The van der Waals surface area contributed by atoms with Crippen LogP contribution in [0.25, 0.3) is 0 Å². The smallest absolute Gasteiger partial charge is 0.410 e. The average Bonchev–Trinajstić information content (AvgIpc) is 2.70. The zero-order valence-corrected chi connectivity index (χ0v) is 17.7. The first-order chi connectivity index (χ1) is 13.5. The number of rotatable bonds is 4. The van der Waals surface area contributed by atoms with Gasteiger partial charge in [0.05, 0.1) is 5.02 Å². The van der Waals surface area contributed by atoms with Gasteiger partial charge in [-0.25, -0.2) is 9.18 Å². The van der Waals surface area contributed by atoms with Crippen LogP contribution in [0.2, 0.25) is 5.02 Å². The topological polar surface area (TPSA) is 70.7 Å². The van der Waals surface area contributed by atoms with Crippen LogP contribution in [-0.4, -0.2) is 42.4 Å². The Balaban J connectivity index is 0.00000300. The molecule has 6 nitrogen and oxygen atoms in total. The van der Waals surface area contributed by atoms with Crippen molar-refractivity contribution in [3.8, 4) is 5.75 Å². The number of hydrogen-bond donors (Lipinski definition) is 2. The van der Waals surface area contributed by atoms with E-state index >= 15 is 0 Å². The predicted octanol–water partition coefficient (Wildman–Crippen LogP) is 4.77. The zero-order chi connectivity index (χ0) is 19.9. The van der Waals surface area contributed by atoms with Crippen LogP contribution in [0, 0.1) is 5.82 Å². The molecule has 2 aromatic carbocycles. The Morgan fingerprint density at radius 2 is 1.86 bits per heavy atom. The molecule has 0 unspecified atom stereocenters. The van der Waals surface area contributed by atoms with Gasteiger partial charge in [-0.1, -0.05) is 35.5 Å². The van der Waals surface area contributed by atoms with Crippen molar-refractivity contribution in [2.24, 2.45) is 0 Å². The summed E-state index contributed by atoms with van der Waals surface area (Å²) in [5.41, 5.74) is 1.28. The van der Waals surface area contributed by atoms with Gasteiger partial charge in [0.1, 0.15) is 11.6 Å². The Kier molecular flexibility index (Phi) is 9.03. The quantitative estimate of drug-likeness (QED) is 0.688. The molecule has 0 saturated carbocycles. The maximum atomic E-state index is 13.1. The van der Waals surface area contributed by atoms with E-state index in [4.69, 9.17) is 16.3 Å². The predicted molar refractivity (Wildman–Crippen MR) is 116 cm³/mol. The standard InChI is InChI=1S/C19H19ClFN3O3S.ClH/c20-16-11-14(3-6-17(16)21)23-18(25)27-15-4-1-13(2-5-15)12-28-19(26)24-9-7-22-8-10-24;/h1-6,11,22H,7-10,12H2,(H,23,25);1H. The second kappa shape index (κ2) is 11.3. The van der Waals surface area contributed by atoms with E-state index in [0.29, 0.717) is 17.2 Å². The van der Waals surface area contributed by atoms with Crippen LogP contribution in [0.4, 0.5) is 19.7 Å². The molecule has 0 atom stereocenters. The minimum absolute atomic E-state index is 0. The fraction of sp³-hybridized carbons (Fsp3) is 0.263. The molecule has 2 aromatic rings. The zero-order valence-electron chi connectivity index (χ0n) is 15.3. The molecule has 0 aliphatic carbocycles. The summed E-state index contributed by atoms with van der Waals surface area (Å²) in [7, 11) is 0. The molecule has 1 fully saturated rings. The first-order valence-electron chi connectivity index (χ1n) is 8.66. The van der Waals surface area contributed by atoms with Gasteiger partial charge in [0.2, 0.25) is 0 Å². The molecule has 29 heavy (non-hydrogen) atoms. The number of piperazine rings is 1. The Morgan fingerprint density at radius 3 is 2.52 bits per heavy atom. The average molecular weight is 460 g/mol. The van der Waals surface area contributed by atoms with Crippen molar-refractivity contribution in [3.63, 3.8) is 0 Å². The molecule has 1 aliphatic heterocycles. The van der Waals surface area contributed by atoms with E-state index in [1.165, 1.54) is 23.9 Å². The van der Waals surface area contributed by atoms with Gasteiger partial charge in [-0.2, -0.15) is 0 Å². The van der Waals surface area contributed by atoms with E-state index in [2.05, 4.69) is 10.6 Å². The van der Waals surface area contributed by atoms with Gasteiger partial charge < -0.3 is 15.0 Å². The molecular weight excluding hydrogens is 440 g/mol. The van der Waals surface area contributed by atoms with Gasteiger partial charge >= 0.3 is 6.09 Å². The Hall–Kier alpha value is -2.00. The Bertz CT molecular complexity index is 849. The third kappa shape index (κ3) is 7.08. The van der Waals surface area contributed by atoms with E-state index in [1.54, 1.807) is 24.3 Å². The molecule has 1 aliphatic rings. The highest BCUT2D eigenvalue weighted by Gasteiger charge is 2.16. The van der Waals surface area contributed by atoms with Crippen LogP contribution in [-0.2, 0) is 5.75 Å². The summed E-state index contributed by atoms with van der Waals surface area (Å²) < 4.78 is 18.3. The summed E-state index contributed by atoms with van der Waals surface area (Å²) in [5.74, 6) is 0.334. The monoisotopic (exact) mass is 459 g/mol. The lowest BCUT2D eigenvalue weighted by atomic mass is 10.2. The molecule has 2 N–H and O–H groups in total. The first kappa shape index (κ1) is 23.3. The highest BCUT2D eigenvalue weighted by molar-refractivity contribution is 8.12. The largest absolute Gasteiger partial charge is 0.417 e.